The molecule has 0 aliphatic heterocycles. The Bertz CT molecular complexity index is 641. The van der Waals surface area contributed by atoms with Crippen molar-refractivity contribution in [1.82, 2.24) is 9.97 Å². The smallest absolute Gasteiger partial charge is 0.265 e. The average molecular weight is 321 g/mol. The van der Waals surface area contributed by atoms with Crippen LogP contribution in [-0.2, 0) is 6.42 Å². The minimum absolute atomic E-state index is 0.115. The molecule has 1 heterocycles. The Morgan fingerprint density at radius 3 is 2.47 bits per heavy atom. The molecule has 2 aromatic rings. The summed E-state index contributed by atoms with van der Waals surface area (Å²) in [6, 6.07) is 6.08. The van der Waals surface area contributed by atoms with Crippen LogP contribution in [0, 0.1) is 13.8 Å². The molecule has 0 atom stereocenters. The van der Waals surface area contributed by atoms with Gasteiger partial charge >= 0.3 is 0 Å². The number of nitrogens with zero attached hydrogens (tertiary/aromatic N) is 1. The molecule has 100 valence electrons. The van der Waals surface area contributed by atoms with Gasteiger partial charge in [-0.25, -0.2) is 4.98 Å². The zero-order valence-electron chi connectivity index (χ0n) is 11.4. The molecule has 0 fully saturated rings. The Morgan fingerprint density at radius 2 is 1.89 bits per heavy atom. The van der Waals surface area contributed by atoms with Crippen LogP contribution in [0.1, 0.15) is 30.2 Å². The lowest BCUT2D eigenvalue weighted by Crippen LogP contribution is -2.14. The Balaban J connectivity index is 2.67. The summed E-state index contributed by atoms with van der Waals surface area (Å²) in [6.45, 7) is 6.14. The molecule has 2 rings (SSSR count). The largest absolute Gasteiger partial charge is 0.306 e. The van der Waals surface area contributed by atoms with Crippen LogP contribution in [-0.4, -0.2) is 9.97 Å². The van der Waals surface area contributed by atoms with E-state index in [0.29, 0.717) is 10.3 Å². The lowest BCUT2D eigenvalue weighted by atomic mass is 10.0. The van der Waals surface area contributed by atoms with Crippen LogP contribution in [0.3, 0.4) is 0 Å². The second kappa shape index (κ2) is 5.70. The van der Waals surface area contributed by atoms with Crippen molar-refractivity contribution in [2.75, 3.05) is 0 Å². The highest BCUT2D eigenvalue weighted by molar-refractivity contribution is 9.10. The van der Waals surface area contributed by atoms with Gasteiger partial charge in [-0.05, 0) is 47.3 Å². The average Bonchev–Trinajstić information content (AvgIpc) is 2.35. The molecule has 0 aliphatic rings. The molecule has 0 saturated carbocycles. The van der Waals surface area contributed by atoms with E-state index in [1.54, 1.807) is 0 Å². The van der Waals surface area contributed by atoms with Gasteiger partial charge in [0.1, 0.15) is 10.3 Å². The standard InChI is InChI=1S/C15H17BrN2O/c1-4-6-11-13(16)15(19)18-14(17-11)12-9(2)7-5-8-10(12)3/h5,7-8H,4,6H2,1-3H3,(H,17,18,19). The van der Waals surface area contributed by atoms with Crippen LogP contribution in [0.5, 0.6) is 0 Å². The van der Waals surface area contributed by atoms with Crippen molar-refractivity contribution in [3.8, 4) is 11.4 Å². The molecule has 0 spiro atoms. The molecular weight excluding hydrogens is 304 g/mol. The highest BCUT2D eigenvalue weighted by Gasteiger charge is 2.12. The number of halogens is 1. The van der Waals surface area contributed by atoms with E-state index in [1.807, 2.05) is 32.0 Å². The predicted molar refractivity (Wildman–Crippen MR) is 81.5 cm³/mol. The van der Waals surface area contributed by atoms with Gasteiger partial charge in [-0.2, -0.15) is 0 Å². The van der Waals surface area contributed by atoms with E-state index in [2.05, 4.69) is 32.8 Å². The van der Waals surface area contributed by atoms with Crippen molar-refractivity contribution in [2.24, 2.45) is 0 Å². The highest BCUT2D eigenvalue weighted by Crippen LogP contribution is 2.24. The van der Waals surface area contributed by atoms with Gasteiger partial charge in [0.25, 0.3) is 5.56 Å². The van der Waals surface area contributed by atoms with Crippen LogP contribution >= 0.6 is 15.9 Å². The van der Waals surface area contributed by atoms with Crippen LogP contribution in [0.25, 0.3) is 11.4 Å². The zero-order valence-corrected chi connectivity index (χ0v) is 13.0. The maximum absolute atomic E-state index is 12.0. The molecule has 0 bridgehead atoms. The van der Waals surface area contributed by atoms with E-state index in [0.717, 1.165) is 35.2 Å². The lowest BCUT2D eigenvalue weighted by molar-refractivity contribution is 0.860. The minimum Gasteiger partial charge on any atom is -0.306 e. The molecule has 0 aliphatic carbocycles. The molecule has 3 nitrogen and oxygen atoms in total. The molecule has 1 N–H and O–H groups in total. The number of hydrogen-bond donors (Lipinski definition) is 1. The first-order valence-corrected chi connectivity index (χ1v) is 7.19. The first kappa shape index (κ1) is 14.0. The monoisotopic (exact) mass is 320 g/mol. The number of hydrogen-bond acceptors (Lipinski definition) is 2. The van der Waals surface area contributed by atoms with Crippen molar-refractivity contribution in [2.45, 2.75) is 33.6 Å². The topological polar surface area (TPSA) is 45.8 Å². The molecule has 0 amide bonds. The Hall–Kier alpha value is -1.42. The number of aryl methyl sites for hydroxylation is 3. The van der Waals surface area contributed by atoms with Gasteiger partial charge in [0, 0.05) is 5.56 Å². The molecule has 0 radical (unpaired) electrons. The highest BCUT2D eigenvalue weighted by atomic mass is 79.9. The fourth-order valence-electron chi connectivity index (χ4n) is 2.21. The van der Waals surface area contributed by atoms with Gasteiger partial charge < -0.3 is 4.98 Å². The second-order valence-corrected chi connectivity index (χ2v) is 5.49. The van der Waals surface area contributed by atoms with Gasteiger partial charge in [0.05, 0.1) is 5.69 Å². The summed E-state index contributed by atoms with van der Waals surface area (Å²) in [5.41, 5.74) is 3.96. The van der Waals surface area contributed by atoms with Gasteiger partial charge in [-0.15, -0.1) is 0 Å². The van der Waals surface area contributed by atoms with E-state index in [4.69, 9.17) is 0 Å². The van der Waals surface area contributed by atoms with E-state index in [9.17, 15) is 4.79 Å². The van der Waals surface area contributed by atoms with E-state index < -0.39 is 0 Å². The zero-order chi connectivity index (χ0) is 14.0. The Kier molecular flexibility index (Phi) is 4.20. The maximum Gasteiger partial charge on any atom is 0.265 e. The fourth-order valence-corrected chi connectivity index (χ4v) is 2.60. The summed E-state index contributed by atoms with van der Waals surface area (Å²) < 4.78 is 0.546. The number of H-pyrrole nitrogens is 1. The summed E-state index contributed by atoms with van der Waals surface area (Å²) >= 11 is 3.32. The quantitative estimate of drug-likeness (QED) is 0.935. The molecule has 19 heavy (non-hydrogen) atoms. The summed E-state index contributed by atoms with van der Waals surface area (Å²) in [5.74, 6) is 0.659. The summed E-state index contributed by atoms with van der Waals surface area (Å²) in [7, 11) is 0. The van der Waals surface area contributed by atoms with Crippen molar-refractivity contribution in [3.05, 3.63) is 49.8 Å². The van der Waals surface area contributed by atoms with Crippen molar-refractivity contribution in [3.63, 3.8) is 0 Å². The van der Waals surface area contributed by atoms with Gasteiger partial charge in [0.2, 0.25) is 0 Å². The summed E-state index contributed by atoms with van der Waals surface area (Å²) in [6.07, 6.45) is 1.75. The first-order valence-electron chi connectivity index (χ1n) is 6.39. The first-order chi connectivity index (χ1) is 9.04. The van der Waals surface area contributed by atoms with E-state index >= 15 is 0 Å². The fraction of sp³-hybridized carbons (Fsp3) is 0.333. The lowest BCUT2D eigenvalue weighted by Gasteiger charge is -2.11. The third-order valence-electron chi connectivity index (χ3n) is 3.14. The van der Waals surface area contributed by atoms with Crippen molar-refractivity contribution >= 4 is 15.9 Å². The second-order valence-electron chi connectivity index (χ2n) is 4.69. The number of nitrogens with one attached hydrogen (secondary N) is 1. The maximum atomic E-state index is 12.0. The van der Waals surface area contributed by atoms with Gasteiger partial charge in [-0.3, -0.25) is 4.79 Å². The number of aromatic nitrogens is 2. The summed E-state index contributed by atoms with van der Waals surface area (Å²) in [5, 5.41) is 0. The minimum atomic E-state index is -0.115. The molecule has 1 aromatic carbocycles. The number of rotatable bonds is 3. The predicted octanol–water partition coefficient (Wildman–Crippen LogP) is 3.77. The van der Waals surface area contributed by atoms with E-state index in [-0.39, 0.29) is 5.56 Å². The van der Waals surface area contributed by atoms with Crippen LogP contribution in [0.15, 0.2) is 27.5 Å². The number of benzene rings is 1. The molecule has 4 heteroatoms. The SMILES string of the molecule is CCCc1nc(-c2c(C)cccc2C)[nH]c(=O)c1Br. The van der Waals surface area contributed by atoms with E-state index in [1.165, 1.54) is 0 Å². The third kappa shape index (κ3) is 2.78. The Labute approximate surface area is 121 Å². The molecule has 0 saturated heterocycles. The molecule has 1 aromatic heterocycles. The van der Waals surface area contributed by atoms with Gasteiger partial charge in [0.15, 0.2) is 0 Å². The van der Waals surface area contributed by atoms with Crippen LogP contribution in [0.4, 0.5) is 0 Å². The van der Waals surface area contributed by atoms with Crippen molar-refractivity contribution < 1.29 is 0 Å². The molecular formula is C15H17BrN2O. The van der Waals surface area contributed by atoms with Gasteiger partial charge in [-0.1, -0.05) is 31.5 Å². The summed E-state index contributed by atoms with van der Waals surface area (Å²) in [4.78, 5) is 19.5. The van der Waals surface area contributed by atoms with Crippen LogP contribution < -0.4 is 5.56 Å². The Morgan fingerprint density at radius 1 is 1.26 bits per heavy atom. The normalized spacial score (nSPS) is 10.7. The number of aromatic amines is 1. The van der Waals surface area contributed by atoms with Crippen LogP contribution in [0.2, 0.25) is 0 Å². The molecule has 0 unspecified atom stereocenters. The third-order valence-corrected chi connectivity index (χ3v) is 3.95. The van der Waals surface area contributed by atoms with Crippen molar-refractivity contribution in [1.29, 1.82) is 0 Å².